The molecule has 0 spiro atoms. The van der Waals surface area contributed by atoms with Crippen LogP contribution in [-0.2, 0) is 0 Å². The summed E-state index contributed by atoms with van der Waals surface area (Å²) in [5.74, 6) is 1.40. The maximum atomic E-state index is 4.06. The predicted molar refractivity (Wildman–Crippen MR) is 35.5 cm³/mol. The van der Waals surface area contributed by atoms with E-state index in [1.807, 2.05) is 19.2 Å². The number of nitrogens with zero attached hydrogens (tertiary/aromatic N) is 4. The molecule has 2 rings (SSSR count). The molecule has 0 N–H and O–H groups in total. The van der Waals surface area contributed by atoms with Crippen molar-refractivity contribution in [1.29, 1.82) is 0 Å². The number of hydrogen-bond acceptors (Lipinski definition) is 3. The zero-order valence-corrected chi connectivity index (χ0v) is 5.52. The van der Waals surface area contributed by atoms with Crippen LogP contribution in [0.3, 0.4) is 0 Å². The van der Waals surface area contributed by atoms with Gasteiger partial charge in [0.1, 0.15) is 5.82 Å². The Kier molecular flexibility index (Phi) is 0.943. The van der Waals surface area contributed by atoms with E-state index in [9.17, 15) is 0 Å². The molecule has 0 aliphatic carbocycles. The SMILES string of the molecule is Cc1nc2ncccn2n1. The van der Waals surface area contributed by atoms with Crippen LogP contribution >= 0.6 is 0 Å². The third kappa shape index (κ3) is 0.655. The van der Waals surface area contributed by atoms with Crippen LogP contribution in [-0.4, -0.2) is 19.6 Å². The lowest BCUT2D eigenvalue weighted by Gasteiger charge is -1.83. The second kappa shape index (κ2) is 1.76. The van der Waals surface area contributed by atoms with Gasteiger partial charge >= 0.3 is 0 Å². The quantitative estimate of drug-likeness (QED) is 0.524. The first kappa shape index (κ1) is 5.34. The van der Waals surface area contributed by atoms with Gasteiger partial charge in [0, 0.05) is 12.4 Å². The van der Waals surface area contributed by atoms with Crippen molar-refractivity contribution in [3.05, 3.63) is 24.3 Å². The molecule has 0 atom stereocenters. The fourth-order valence-electron chi connectivity index (χ4n) is 0.837. The molecule has 0 saturated carbocycles. The van der Waals surface area contributed by atoms with Crippen LogP contribution in [0.15, 0.2) is 18.5 Å². The summed E-state index contributed by atoms with van der Waals surface area (Å²) >= 11 is 0. The molecule has 0 amide bonds. The summed E-state index contributed by atoms with van der Waals surface area (Å²) in [5.41, 5.74) is 0. The Bertz CT molecular complexity index is 318. The van der Waals surface area contributed by atoms with Crippen molar-refractivity contribution in [2.45, 2.75) is 6.92 Å². The van der Waals surface area contributed by atoms with Gasteiger partial charge in [-0.05, 0) is 13.0 Å². The van der Waals surface area contributed by atoms with Gasteiger partial charge in [-0.1, -0.05) is 0 Å². The Hall–Kier alpha value is -1.45. The van der Waals surface area contributed by atoms with Crippen LogP contribution in [0, 0.1) is 6.92 Å². The monoisotopic (exact) mass is 134 g/mol. The normalized spacial score (nSPS) is 10.5. The van der Waals surface area contributed by atoms with Gasteiger partial charge in [-0.15, -0.1) is 0 Å². The average molecular weight is 134 g/mol. The van der Waals surface area contributed by atoms with E-state index in [0.29, 0.717) is 5.78 Å². The van der Waals surface area contributed by atoms with Crippen molar-refractivity contribution in [2.75, 3.05) is 0 Å². The lowest BCUT2D eigenvalue weighted by molar-refractivity contribution is 0.916. The highest BCUT2D eigenvalue weighted by Gasteiger charge is 1.95. The van der Waals surface area contributed by atoms with Crippen molar-refractivity contribution < 1.29 is 0 Å². The smallest absolute Gasteiger partial charge is 0.220 e. The van der Waals surface area contributed by atoms with Crippen molar-refractivity contribution in [3.63, 3.8) is 0 Å². The zero-order valence-electron chi connectivity index (χ0n) is 5.52. The third-order valence-corrected chi connectivity index (χ3v) is 1.22. The van der Waals surface area contributed by atoms with Gasteiger partial charge in [-0.25, -0.2) is 9.50 Å². The molecule has 0 aromatic carbocycles. The molecular formula is C6H6N4. The molecule has 0 saturated heterocycles. The molecule has 50 valence electrons. The van der Waals surface area contributed by atoms with Gasteiger partial charge in [0.25, 0.3) is 5.78 Å². The van der Waals surface area contributed by atoms with E-state index >= 15 is 0 Å². The molecule has 0 fully saturated rings. The highest BCUT2D eigenvalue weighted by molar-refractivity contribution is 5.24. The second-order valence-corrected chi connectivity index (χ2v) is 2.02. The van der Waals surface area contributed by atoms with E-state index in [2.05, 4.69) is 15.1 Å². The van der Waals surface area contributed by atoms with Crippen molar-refractivity contribution >= 4 is 5.78 Å². The van der Waals surface area contributed by atoms with Gasteiger partial charge in [-0.2, -0.15) is 10.1 Å². The van der Waals surface area contributed by atoms with Gasteiger partial charge in [0.05, 0.1) is 0 Å². The van der Waals surface area contributed by atoms with Crippen LogP contribution in [0.2, 0.25) is 0 Å². The Balaban J connectivity index is 2.88. The largest absolute Gasteiger partial charge is 0.252 e. The lowest BCUT2D eigenvalue weighted by atomic mass is 10.7. The molecule has 4 nitrogen and oxygen atoms in total. The van der Waals surface area contributed by atoms with Crippen LogP contribution in [0.25, 0.3) is 5.78 Å². The molecule has 0 aliphatic rings. The summed E-state index contributed by atoms with van der Waals surface area (Å²) in [6.07, 6.45) is 3.52. The average Bonchev–Trinajstić information content (AvgIpc) is 2.27. The second-order valence-electron chi connectivity index (χ2n) is 2.02. The zero-order chi connectivity index (χ0) is 6.97. The Morgan fingerprint density at radius 2 is 2.40 bits per heavy atom. The highest BCUT2D eigenvalue weighted by Crippen LogP contribution is 1.93. The van der Waals surface area contributed by atoms with Gasteiger partial charge in [0.2, 0.25) is 0 Å². The molecule has 2 heterocycles. The summed E-state index contributed by atoms with van der Waals surface area (Å²) in [5, 5.41) is 4.06. The Morgan fingerprint density at radius 1 is 1.50 bits per heavy atom. The number of aromatic nitrogens is 4. The fourth-order valence-corrected chi connectivity index (χ4v) is 0.837. The van der Waals surface area contributed by atoms with Gasteiger partial charge in [-0.3, -0.25) is 0 Å². The number of hydrogen-bond donors (Lipinski definition) is 0. The first-order chi connectivity index (χ1) is 4.86. The Morgan fingerprint density at radius 3 is 3.20 bits per heavy atom. The van der Waals surface area contributed by atoms with E-state index in [0.717, 1.165) is 5.82 Å². The van der Waals surface area contributed by atoms with Gasteiger partial charge < -0.3 is 0 Å². The summed E-state index contributed by atoms with van der Waals surface area (Å²) in [6, 6.07) is 1.82. The summed E-state index contributed by atoms with van der Waals surface area (Å²) in [6.45, 7) is 1.84. The number of fused-ring (bicyclic) bond motifs is 1. The van der Waals surface area contributed by atoms with Gasteiger partial charge in [0.15, 0.2) is 0 Å². The van der Waals surface area contributed by atoms with Crippen molar-refractivity contribution in [3.8, 4) is 0 Å². The minimum Gasteiger partial charge on any atom is -0.220 e. The molecule has 2 aromatic rings. The fraction of sp³-hybridized carbons (Fsp3) is 0.167. The standard InChI is InChI=1S/C6H6N4/c1-5-8-6-7-3-2-4-10(6)9-5/h2-4H,1H3. The van der Waals surface area contributed by atoms with Crippen LogP contribution in [0.1, 0.15) is 5.82 Å². The minimum absolute atomic E-state index is 0.653. The molecule has 10 heavy (non-hydrogen) atoms. The maximum Gasteiger partial charge on any atom is 0.252 e. The molecular weight excluding hydrogens is 128 g/mol. The number of aryl methyl sites for hydroxylation is 1. The predicted octanol–water partition coefficient (Wildman–Crippen LogP) is 0.433. The summed E-state index contributed by atoms with van der Waals surface area (Å²) in [7, 11) is 0. The minimum atomic E-state index is 0.653. The maximum absolute atomic E-state index is 4.06. The summed E-state index contributed by atoms with van der Waals surface area (Å²) < 4.78 is 1.65. The van der Waals surface area contributed by atoms with Crippen molar-refractivity contribution in [2.24, 2.45) is 0 Å². The first-order valence-corrected chi connectivity index (χ1v) is 3.00. The highest BCUT2D eigenvalue weighted by atomic mass is 15.3. The van der Waals surface area contributed by atoms with Crippen LogP contribution < -0.4 is 0 Å². The molecule has 4 heteroatoms. The molecule has 0 aliphatic heterocycles. The number of rotatable bonds is 0. The van der Waals surface area contributed by atoms with Crippen molar-refractivity contribution in [1.82, 2.24) is 19.6 Å². The first-order valence-electron chi connectivity index (χ1n) is 3.00. The molecule has 2 aromatic heterocycles. The Labute approximate surface area is 57.5 Å². The lowest BCUT2D eigenvalue weighted by Crippen LogP contribution is -1.86. The van der Waals surface area contributed by atoms with E-state index in [4.69, 9.17) is 0 Å². The van der Waals surface area contributed by atoms with E-state index in [-0.39, 0.29) is 0 Å². The van der Waals surface area contributed by atoms with Crippen LogP contribution in [0.4, 0.5) is 0 Å². The van der Waals surface area contributed by atoms with E-state index < -0.39 is 0 Å². The molecule has 0 bridgehead atoms. The van der Waals surface area contributed by atoms with E-state index in [1.54, 1.807) is 10.7 Å². The van der Waals surface area contributed by atoms with Crippen LogP contribution in [0.5, 0.6) is 0 Å². The molecule has 0 radical (unpaired) electrons. The topological polar surface area (TPSA) is 43.1 Å². The third-order valence-electron chi connectivity index (χ3n) is 1.22. The summed E-state index contributed by atoms with van der Waals surface area (Å²) in [4.78, 5) is 8.05. The molecule has 0 unspecified atom stereocenters. The van der Waals surface area contributed by atoms with E-state index in [1.165, 1.54) is 0 Å².